The van der Waals surface area contributed by atoms with E-state index in [1.807, 2.05) is 6.92 Å². The Balaban J connectivity index is 2.44. The topological polar surface area (TPSA) is 69.6 Å². The van der Waals surface area contributed by atoms with Crippen molar-refractivity contribution in [1.82, 2.24) is 5.32 Å². The maximum atomic E-state index is 11.9. The number of aliphatic hydroxyl groups excluding tert-OH is 2. The van der Waals surface area contributed by atoms with Gasteiger partial charge in [-0.2, -0.15) is 0 Å². The van der Waals surface area contributed by atoms with Crippen LogP contribution >= 0.6 is 0 Å². The zero-order chi connectivity index (χ0) is 11.3. The minimum Gasteiger partial charge on any atom is -0.394 e. The molecule has 0 bridgehead atoms. The molecule has 4 nitrogen and oxygen atoms in total. The Labute approximate surface area is 90.7 Å². The lowest BCUT2D eigenvalue weighted by Crippen LogP contribution is -2.42. The Kier molecular flexibility index (Phi) is 4.54. The van der Waals surface area contributed by atoms with Gasteiger partial charge in [0.15, 0.2) is 0 Å². The van der Waals surface area contributed by atoms with E-state index in [1.54, 1.807) is 0 Å². The van der Waals surface area contributed by atoms with Gasteiger partial charge < -0.3 is 15.5 Å². The number of carbonyl (C=O) groups is 1. The van der Waals surface area contributed by atoms with Crippen molar-refractivity contribution in [3.63, 3.8) is 0 Å². The van der Waals surface area contributed by atoms with E-state index in [1.165, 1.54) is 0 Å². The smallest absolute Gasteiger partial charge is 0.226 e. The van der Waals surface area contributed by atoms with Crippen LogP contribution in [0.5, 0.6) is 0 Å². The summed E-state index contributed by atoms with van der Waals surface area (Å²) in [6.45, 7) is 1.88. The van der Waals surface area contributed by atoms with Crippen molar-refractivity contribution in [1.29, 1.82) is 0 Å². The predicted molar refractivity (Wildman–Crippen MR) is 57.3 cm³/mol. The van der Waals surface area contributed by atoms with E-state index in [0.29, 0.717) is 0 Å². The minimum atomic E-state index is -0.843. The van der Waals surface area contributed by atoms with Crippen LogP contribution in [0.2, 0.25) is 0 Å². The average molecular weight is 215 g/mol. The third kappa shape index (κ3) is 2.92. The number of aliphatic hydroxyl groups is 2. The van der Waals surface area contributed by atoms with Gasteiger partial charge in [0.1, 0.15) is 0 Å². The van der Waals surface area contributed by atoms with Crippen molar-refractivity contribution < 1.29 is 15.0 Å². The van der Waals surface area contributed by atoms with Gasteiger partial charge in [-0.1, -0.05) is 19.8 Å². The van der Waals surface area contributed by atoms with E-state index in [-0.39, 0.29) is 24.5 Å². The van der Waals surface area contributed by atoms with Crippen LogP contribution in [-0.4, -0.2) is 35.4 Å². The maximum Gasteiger partial charge on any atom is 0.226 e. The van der Waals surface area contributed by atoms with Gasteiger partial charge in [-0.3, -0.25) is 4.79 Å². The highest BCUT2D eigenvalue weighted by atomic mass is 16.3. The van der Waals surface area contributed by atoms with Crippen molar-refractivity contribution in [3.8, 4) is 0 Å². The van der Waals surface area contributed by atoms with Gasteiger partial charge in [0.2, 0.25) is 5.91 Å². The summed E-state index contributed by atoms with van der Waals surface area (Å²) in [6.07, 6.45) is 4.14. The lowest BCUT2D eigenvalue weighted by molar-refractivity contribution is -0.131. The average Bonchev–Trinajstić information content (AvgIpc) is 2.75. The second-order valence-corrected chi connectivity index (χ2v) is 4.39. The molecule has 0 spiro atoms. The Hall–Kier alpha value is -0.610. The molecule has 1 atom stereocenters. The first-order valence-electron chi connectivity index (χ1n) is 5.72. The molecule has 1 aliphatic rings. The number of hydrogen-bond donors (Lipinski definition) is 3. The van der Waals surface area contributed by atoms with Crippen molar-refractivity contribution >= 4 is 5.91 Å². The van der Waals surface area contributed by atoms with E-state index in [0.717, 1.165) is 32.1 Å². The van der Waals surface area contributed by atoms with Crippen molar-refractivity contribution in [2.75, 3.05) is 13.2 Å². The quantitative estimate of drug-likeness (QED) is 0.622. The normalized spacial score (nSPS) is 21.3. The lowest BCUT2D eigenvalue weighted by atomic mass is 9.82. The summed E-state index contributed by atoms with van der Waals surface area (Å²) in [5, 5.41) is 20.5. The van der Waals surface area contributed by atoms with Crippen LogP contribution in [0.3, 0.4) is 0 Å². The van der Waals surface area contributed by atoms with Crippen LogP contribution in [0.25, 0.3) is 0 Å². The van der Waals surface area contributed by atoms with Gasteiger partial charge in [0.25, 0.3) is 0 Å². The van der Waals surface area contributed by atoms with Crippen molar-refractivity contribution in [2.45, 2.75) is 45.1 Å². The molecule has 0 aromatic heterocycles. The fraction of sp³-hybridized carbons (Fsp3) is 0.909. The predicted octanol–water partition coefficient (Wildman–Crippen LogP) is 0.426. The molecule has 1 amide bonds. The lowest BCUT2D eigenvalue weighted by Gasteiger charge is -2.26. The molecule has 3 N–H and O–H groups in total. The Bertz CT molecular complexity index is 212. The van der Waals surface area contributed by atoms with Gasteiger partial charge in [-0.25, -0.2) is 0 Å². The van der Waals surface area contributed by atoms with Gasteiger partial charge in [0.05, 0.1) is 12.7 Å². The van der Waals surface area contributed by atoms with Crippen LogP contribution in [0.1, 0.15) is 39.0 Å². The van der Waals surface area contributed by atoms with Gasteiger partial charge in [-0.15, -0.1) is 0 Å². The number of rotatable bonds is 5. The molecule has 1 saturated carbocycles. The summed E-state index contributed by atoms with van der Waals surface area (Å²) < 4.78 is 0. The summed E-state index contributed by atoms with van der Waals surface area (Å²) in [7, 11) is 0. The van der Waals surface area contributed by atoms with Crippen molar-refractivity contribution in [2.24, 2.45) is 5.41 Å². The van der Waals surface area contributed by atoms with E-state index < -0.39 is 6.10 Å². The summed E-state index contributed by atoms with van der Waals surface area (Å²) >= 11 is 0. The second kappa shape index (κ2) is 5.47. The van der Waals surface area contributed by atoms with E-state index in [9.17, 15) is 4.79 Å². The Morgan fingerprint density at radius 3 is 2.53 bits per heavy atom. The molecule has 0 heterocycles. The molecule has 0 aromatic carbocycles. The molecule has 1 unspecified atom stereocenters. The summed E-state index contributed by atoms with van der Waals surface area (Å²) in [6, 6.07) is 0. The molecule has 0 aromatic rings. The minimum absolute atomic E-state index is 0.0370. The van der Waals surface area contributed by atoms with Gasteiger partial charge in [0, 0.05) is 12.0 Å². The number of nitrogens with one attached hydrogen (secondary N) is 1. The first kappa shape index (κ1) is 12.5. The molecule has 1 aliphatic carbocycles. The number of carbonyl (C=O) groups excluding carboxylic acids is 1. The molecule has 88 valence electrons. The largest absolute Gasteiger partial charge is 0.394 e. The van der Waals surface area contributed by atoms with Crippen LogP contribution < -0.4 is 5.32 Å². The molecular formula is C11H21NO3. The molecule has 1 fully saturated rings. The first-order valence-corrected chi connectivity index (χ1v) is 5.72. The molecule has 15 heavy (non-hydrogen) atoms. The highest BCUT2D eigenvalue weighted by Gasteiger charge is 2.39. The molecule has 0 saturated heterocycles. The standard InChI is InChI=1S/C11H21NO3/c1-2-11(5-3-4-6-11)10(15)12-7-9(14)8-13/h9,13-14H,2-8H2,1H3,(H,12,15). The van der Waals surface area contributed by atoms with Crippen LogP contribution in [0.15, 0.2) is 0 Å². The molecule has 4 heteroatoms. The van der Waals surface area contributed by atoms with Gasteiger partial charge >= 0.3 is 0 Å². The van der Waals surface area contributed by atoms with Crippen molar-refractivity contribution in [3.05, 3.63) is 0 Å². The number of hydrogen-bond acceptors (Lipinski definition) is 3. The molecule has 1 rings (SSSR count). The first-order chi connectivity index (χ1) is 7.14. The highest BCUT2D eigenvalue weighted by Crippen LogP contribution is 2.40. The highest BCUT2D eigenvalue weighted by molar-refractivity contribution is 5.82. The van der Waals surface area contributed by atoms with E-state index >= 15 is 0 Å². The Morgan fingerprint density at radius 1 is 1.47 bits per heavy atom. The fourth-order valence-electron chi connectivity index (χ4n) is 2.26. The molecule has 0 aliphatic heterocycles. The van der Waals surface area contributed by atoms with Crippen LogP contribution in [-0.2, 0) is 4.79 Å². The summed E-state index contributed by atoms with van der Waals surface area (Å²) in [5.74, 6) is 0.0370. The van der Waals surface area contributed by atoms with Gasteiger partial charge in [-0.05, 0) is 19.3 Å². The maximum absolute atomic E-state index is 11.9. The fourth-order valence-corrected chi connectivity index (χ4v) is 2.26. The van der Waals surface area contributed by atoms with E-state index in [4.69, 9.17) is 10.2 Å². The third-order valence-electron chi connectivity index (χ3n) is 3.43. The SMILES string of the molecule is CCC1(C(=O)NCC(O)CO)CCCC1. The monoisotopic (exact) mass is 215 g/mol. The Morgan fingerprint density at radius 2 is 2.07 bits per heavy atom. The zero-order valence-electron chi connectivity index (χ0n) is 9.33. The third-order valence-corrected chi connectivity index (χ3v) is 3.43. The molecular weight excluding hydrogens is 194 g/mol. The van der Waals surface area contributed by atoms with Crippen LogP contribution in [0, 0.1) is 5.41 Å². The summed E-state index contributed by atoms with van der Waals surface area (Å²) in [5.41, 5.74) is -0.213. The molecule has 0 radical (unpaired) electrons. The summed E-state index contributed by atoms with van der Waals surface area (Å²) in [4.78, 5) is 11.9. The van der Waals surface area contributed by atoms with Crippen LogP contribution in [0.4, 0.5) is 0 Å². The zero-order valence-corrected chi connectivity index (χ0v) is 9.33. The second-order valence-electron chi connectivity index (χ2n) is 4.39. The van der Waals surface area contributed by atoms with E-state index in [2.05, 4.69) is 5.32 Å². The number of amides is 1.